The van der Waals surface area contributed by atoms with E-state index in [1.165, 1.54) is 25.3 Å². The maximum Gasteiger partial charge on any atom is 0.270 e. The molecule has 1 aromatic heterocycles. The molecule has 0 spiro atoms. The summed E-state index contributed by atoms with van der Waals surface area (Å²) in [5.41, 5.74) is 1.18. The minimum absolute atomic E-state index is 0.0319. The minimum Gasteiger partial charge on any atom is -0.457 e. The molecule has 0 atom stereocenters. The van der Waals surface area contributed by atoms with E-state index in [-0.39, 0.29) is 22.1 Å². The number of hydrogen-bond donors (Lipinski definition) is 1. The lowest BCUT2D eigenvalue weighted by molar-refractivity contribution is -0.384. The molecule has 2 heterocycles. The number of non-ortho nitro benzene ring substituents is 1. The molecule has 132 valence electrons. The van der Waals surface area contributed by atoms with Gasteiger partial charge in [-0.15, -0.1) is 0 Å². The van der Waals surface area contributed by atoms with Gasteiger partial charge in [-0.3, -0.25) is 29.9 Å². The summed E-state index contributed by atoms with van der Waals surface area (Å²) in [7, 11) is 1.46. The first-order valence-electron chi connectivity index (χ1n) is 7.48. The first kappa shape index (κ1) is 17.5. The van der Waals surface area contributed by atoms with Crippen LogP contribution in [0.4, 0.5) is 5.69 Å². The molecule has 1 aromatic carbocycles. The second kappa shape index (κ2) is 6.52. The van der Waals surface area contributed by atoms with Gasteiger partial charge in [0.2, 0.25) is 0 Å². The number of benzene rings is 1. The number of nitrogens with zero attached hydrogens (tertiary/aromatic N) is 2. The maximum atomic E-state index is 12.2. The number of aryl methyl sites for hydroxylation is 1. The average Bonchev–Trinajstić information content (AvgIpc) is 3.05. The number of nitro benzene ring substituents is 1. The Bertz CT molecular complexity index is 992. The summed E-state index contributed by atoms with van der Waals surface area (Å²) in [6.45, 7) is 1.80. The lowest BCUT2D eigenvalue weighted by atomic mass is 10.1. The van der Waals surface area contributed by atoms with Gasteiger partial charge in [-0.05, 0) is 42.9 Å². The van der Waals surface area contributed by atoms with E-state index in [1.54, 1.807) is 25.1 Å². The Morgan fingerprint density at radius 1 is 1.27 bits per heavy atom. The molecule has 2 amide bonds. The van der Waals surface area contributed by atoms with E-state index in [4.69, 9.17) is 16.6 Å². The molecule has 0 bridgehead atoms. The van der Waals surface area contributed by atoms with Gasteiger partial charge in [-0.1, -0.05) is 6.07 Å². The van der Waals surface area contributed by atoms with Crippen LogP contribution in [-0.4, -0.2) is 33.8 Å². The Labute approximate surface area is 153 Å². The Morgan fingerprint density at radius 3 is 2.69 bits per heavy atom. The van der Waals surface area contributed by atoms with Gasteiger partial charge in [0, 0.05) is 24.7 Å². The van der Waals surface area contributed by atoms with Gasteiger partial charge in [0.05, 0.1) is 4.92 Å². The molecular weight excluding hydrogens is 358 g/mol. The number of carbonyl (C=O) groups is 2. The SMILES string of the molecule is Cc1ccc([N+](=O)[O-])cc1-c1ccc(/C=C2\C(=O)NC(=S)N(C)C2=O)o1. The summed E-state index contributed by atoms with van der Waals surface area (Å²) >= 11 is 4.88. The molecule has 26 heavy (non-hydrogen) atoms. The fraction of sp³-hybridized carbons (Fsp3) is 0.118. The number of thiocarbonyl (C=S) groups is 1. The summed E-state index contributed by atoms with van der Waals surface area (Å²) in [5.74, 6) is -0.484. The number of furan rings is 1. The number of carbonyl (C=O) groups excluding carboxylic acids is 2. The highest BCUT2D eigenvalue weighted by Gasteiger charge is 2.31. The topological polar surface area (TPSA) is 106 Å². The van der Waals surface area contributed by atoms with E-state index >= 15 is 0 Å². The molecule has 1 saturated heterocycles. The molecular formula is C17H13N3O5S. The normalized spacial score (nSPS) is 16.2. The van der Waals surface area contributed by atoms with Crippen LogP contribution in [0, 0.1) is 17.0 Å². The van der Waals surface area contributed by atoms with Gasteiger partial charge in [0.25, 0.3) is 17.5 Å². The van der Waals surface area contributed by atoms with Crippen LogP contribution >= 0.6 is 12.2 Å². The number of likely N-dealkylation sites (N-methyl/N-ethyl adjacent to an activating group) is 1. The number of rotatable bonds is 3. The van der Waals surface area contributed by atoms with Crippen LogP contribution < -0.4 is 5.32 Å². The largest absolute Gasteiger partial charge is 0.457 e. The molecule has 0 saturated carbocycles. The number of nitro groups is 1. The molecule has 0 radical (unpaired) electrons. The van der Waals surface area contributed by atoms with Crippen molar-refractivity contribution in [3.63, 3.8) is 0 Å². The predicted octanol–water partition coefficient (Wildman–Crippen LogP) is 2.42. The number of amides is 2. The van der Waals surface area contributed by atoms with Gasteiger partial charge in [-0.2, -0.15) is 0 Å². The third-order valence-electron chi connectivity index (χ3n) is 3.92. The van der Waals surface area contributed by atoms with Crippen LogP contribution in [0.25, 0.3) is 17.4 Å². The Kier molecular flexibility index (Phi) is 4.39. The van der Waals surface area contributed by atoms with E-state index < -0.39 is 16.7 Å². The predicted molar refractivity (Wildman–Crippen MR) is 97.0 cm³/mol. The summed E-state index contributed by atoms with van der Waals surface area (Å²) in [6.07, 6.45) is 1.31. The van der Waals surface area contributed by atoms with Crippen molar-refractivity contribution >= 4 is 40.9 Å². The zero-order chi connectivity index (χ0) is 19.0. The first-order valence-corrected chi connectivity index (χ1v) is 7.89. The summed E-state index contributed by atoms with van der Waals surface area (Å²) in [4.78, 5) is 35.8. The van der Waals surface area contributed by atoms with E-state index in [0.29, 0.717) is 11.3 Å². The third-order valence-corrected chi connectivity index (χ3v) is 4.29. The van der Waals surface area contributed by atoms with Gasteiger partial charge >= 0.3 is 0 Å². The maximum absolute atomic E-state index is 12.2. The molecule has 1 fully saturated rings. The van der Waals surface area contributed by atoms with Crippen molar-refractivity contribution in [1.82, 2.24) is 10.2 Å². The smallest absolute Gasteiger partial charge is 0.270 e. The number of nitrogens with one attached hydrogen (secondary N) is 1. The number of hydrogen-bond acceptors (Lipinski definition) is 6. The van der Waals surface area contributed by atoms with Gasteiger partial charge in [0.15, 0.2) is 5.11 Å². The summed E-state index contributed by atoms with van der Waals surface area (Å²) in [5, 5.41) is 13.4. The van der Waals surface area contributed by atoms with E-state index in [0.717, 1.165) is 10.5 Å². The fourth-order valence-electron chi connectivity index (χ4n) is 2.45. The monoisotopic (exact) mass is 371 g/mol. The summed E-state index contributed by atoms with van der Waals surface area (Å²) < 4.78 is 5.66. The Balaban J connectivity index is 1.97. The molecule has 2 aromatic rings. The fourth-order valence-corrected chi connectivity index (χ4v) is 2.63. The second-order valence-corrected chi connectivity index (χ2v) is 6.03. The van der Waals surface area contributed by atoms with E-state index in [1.807, 2.05) is 0 Å². The van der Waals surface area contributed by atoms with Crippen molar-refractivity contribution in [1.29, 1.82) is 0 Å². The lowest BCUT2D eigenvalue weighted by Crippen LogP contribution is -2.52. The van der Waals surface area contributed by atoms with E-state index in [2.05, 4.69) is 5.32 Å². The van der Waals surface area contributed by atoms with Crippen molar-refractivity contribution in [2.24, 2.45) is 0 Å². The van der Waals surface area contributed by atoms with Crippen LogP contribution in [0.2, 0.25) is 0 Å². The molecule has 0 unspecified atom stereocenters. The van der Waals surface area contributed by atoms with Crippen molar-refractivity contribution in [3.8, 4) is 11.3 Å². The van der Waals surface area contributed by atoms with Crippen LogP contribution in [0.15, 0.2) is 40.3 Å². The van der Waals surface area contributed by atoms with Crippen LogP contribution in [0.5, 0.6) is 0 Å². The molecule has 0 aliphatic carbocycles. The van der Waals surface area contributed by atoms with Crippen LogP contribution in [0.1, 0.15) is 11.3 Å². The quantitative estimate of drug-likeness (QED) is 0.292. The van der Waals surface area contributed by atoms with Crippen LogP contribution in [0.3, 0.4) is 0 Å². The molecule has 3 rings (SSSR count). The highest BCUT2D eigenvalue weighted by Crippen LogP contribution is 2.30. The Morgan fingerprint density at radius 2 is 2.00 bits per heavy atom. The van der Waals surface area contributed by atoms with Crippen molar-refractivity contribution in [2.45, 2.75) is 6.92 Å². The van der Waals surface area contributed by atoms with E-state index in [9.17, 15) is 19.7 Å². The lowest BCUT2D eigenvalue weighted by Gasteiger charge is -2.24. The van der Waals surface area contributed by atoms with Gasteiger partial charge in [0.1, 0.15) is 17.1 Å². The van der Waals surface area contributed by atoms with Crippen molar-refractivity contribution < 1.29 is 18.9 Å². The zero-order valence-corrected chi connectivity index (χ0v) is 14.6. The van der Waals surface area contributed by atoms with Crippen molar-refractivity contribution in [2.75, 3.05) is 7.05 Å². The molecule has 1 aliphatic heterocycles. The zero-order valence-electron chi connectivity index (χ0n) is 13.8. The molecule has 1 N–H and O–H groups in total. The minimum atomic E-state index is -0.609. The standard InChI is InChI=1S/C17H13N3O5S/c1-9-3-4-10(20(23)24)7-12(9)14-6-5-11(25-14)8-13-15(21)18-17(26)19(2)16(13)22/h3-8H,1-2H3,(H,18,21,26)/b13-8+. The van der Waals surface area contributed by atoms with Gasteiger partial charge in [-0.25, -0.2) is 0 Å². The van der Waals surface area contributed by atoms with Crippen LogP contribution in [-0.2, 0) is 9.59 Å². The second-order valence-electron chi connectivity index (χ2n) is 5.64. The third kappa shape index (κ3) is 3.11. The summed E-state index contributed by atoms with van der Waals surface area (Å²) in [6, 6.07) is 7.65. The average molecular weight is 371 g/mol. The van der Waals surface area contributed by atoms with Gasteiger partial charge < -0.3 is 4.42 Å². The molecule has 8 nitrogen and oxygen atoms in total. The first-order chi connectivity index (χ1) is 12.3. The highest BCUT2D eigenvalue weighted by molar-refractivity contribution is 7.80. The van der Waals surface area contributed by atoms with Crippen molar-refractivity contribution in [3.05, 3.63) is 57.3 Å². The molecule has 9 heteroatoms. The molecule has 1 aliphatic rings. The Hall–Kier alpha value is -3.33. The highest BCUT2D eigenvalue weighted by atomic mass is 32.1.